The molecule has 42 heavy (non-hydrogen) atoms. The standard InChI is InChI=1S/C27H40N6O9/c28-19(14-17-6-2-1-3-7-17)25(40)33-21(16-35)27(42)32-20(26(41)31-18(15-34)9-10-22(29)36)8-4-5-13-30-23(37)11-12-24(38)39/h1-3,6-7,15,18-21,35H,4-5,8-14,16,28H2,(H2,29,36)(H,30,37)(H,31,41)(H,32,42)(H,33,40)(H,38,39)/t18-,19-,20-,21-/m0/s1. The van der Waals surface area contributed by atoms with Crippen LogP contribution in [-0.4, -0.2) is 89.3 Å². The Morgan fingerprint density at radius 3 is 2.07 bits per heavy atom. The first-order chi connectivity index (χ1) is 20.0. The highest BCUT2D eigenvalue weighted by Crippen LogP contribution is 2.06. The van der Waals surface area contributed by atoms with Crippen molar-refractivity contribution in [1.82, 2.24) is 21.3 Å². The van der Waals surface area contributed by atoms with E-state index in [-0.39, 0.29) is 45.1 Å². The predicted octanol–water partition coefficient (Wildman–Crippen LogP) is -2.38. The maximum Gasteiger partial charge on any atom is 0.303 e. The van der Waals surface area contributed by atoms with Gasteiger partial charge in [-0.3, -0.25) is 28.8 Å². The van der Waals surface area contributed by atoms with Crippen LogP contribution in [0.25, 0.3) is 0 Å². The zero-order valence-electron chi connectivity index (χ0n) is 23.3. The Balaban J connectivity index is 2.81. The normalized spacial score (nSPS) is 13.5. The summed E-state index contributed by atoms with van der Waals surface area (Å²) in [5.41, 5.74) is 11.9. The van der Waals surface area contributed by atoms with Crippen molar-refractivity contribution >= 4 is 41.8 Å². The highest BCUT2D eigenvalue weighted by Gasteiger charge is 2.28. The molecular weight excluding hydrogens is 552 g/mol. The number of aliphatic carboxylic acids is 1. The number of rotatable bonds is 21. The van der Waals surface area contributed by atoms with Crippen molar-refractivity contribution in [3.8, 4) is 0 Å². The molecule has 10 N–H and O–H groups in total. The average molecular weight is 593 g/mol. The fourth-order valence-corrected chi connectivity index (χ4v) is 3.74. The van der Waals surface area contributed by atoms with Gasteiger partial charge in [-0.1, -0.05) is 30.3 Å². The molecule has 0 radical (unpaired) electrons. The molecule has 0 aliphatic carbocycles. The lowest BCUT2D eigenvalue weighted by molar-refractivity contribution is -0.138. The molecular formula is C27H40N6O9. The average Bonchev–Trinajstić information content (AvgIpc) is 2.95. The molecule has 0 saturated carbocycles. The highest BCUT2D eigenvalue weighted by atomic mass is 16.4. The Morgan fingerprint density at radius 2 is 1.48 bits per heavy atom. The number of amides is 5. The third-order valence-corrected chi connectivity index (χ3v) is 6.09. The van der Waals surface area contributed by atoms with Gasteiger partial charge >= 0.3 is 5.97 Å². The van der Waals surface area contributed by atoms with Gasteiger partial charge in [0.25, 0.3) is 0 Å². The van der Waals surface area contributed by atoms with Gasteiger partial charge in [0.1, 0.15) is 18.4 Å². The molecule has 15 nitrogen and oxygen atoms in total. The summed E-state index contributed by atoms with van der Waals surface area (Å²) in [5, 5.41) is 28.2. The zero-order valence-corrected chi connectivity index (χ0v) is 23.3. The molecule has 1 aromatic rings. The quantitative estimate of drug-likeness (QED) is 0.0555. The van der Waals surface area contributed by atoms with Gasteiger partial charge in [-0.25, -0.2) is 0 Å². The molecule has 5 amide bonds. The van der Waals surface area contributed by atoms with Crippen molar-refractivity contribution < 1.29 is 43.8 Å². The topological polar surface area (TPSA) is 260 Å². The monoisotopic (exact) mass is 592 g/mol. The first-order valence-electron chi connectivity index (χ1n) is 13.5. The van der Waals surface area contributed by atoms with Crippen molar-refractivity contribution in [2.45, 2.75) is 75.5 Å². The smallest absolute Gasteiger partial charge is 0.303 e. The third-order valence-electron chi connectivity index (χ3n) is 6.09. The molecule has 0 saturated heterocycles. The summed E-state index contributed by atoms with van der Waals surface area (Å²) in [5.74, 6) is -4.54. The molecule has 0 bridgehead atoms. The SMILES string of the molecule is NC(=O)CC[C@@H](C=O)NC(=O)[C@H](CCCCNC(=O)CCC(=O)O)NC(=O)[C@H](CO)NC(=O)[C@@H](N)Cc1ccccc1. The molecule has 1 aromatic carbocycles. The van der Waals surface area contributed by atoms with E-state index in [1.165, 1.54) is 0 Å². The minimum Gasteiger partial charge on any atom is -0.481 e. The summed E-state index contributed by atoms with van der Waals surface area (Å²) in [6, 6.07) is 4.23. The van der Waals surface area contributed by atoms with Gasteiger partial charge in [0, 0.05) is 19.4 Å². The number of carboxylic acids is 1. The number of aliphatic hydroxyl groups excluding tert-OH is 1. The van der Waals surface area contributed by atoms with E-state index in [2.05, 4.69) is 21.3 Å². The lowest BCUT2D eigenvalue weighted by Crippen LogP contribution is -2.57. The first-order valence-corrected chi connectivity index (χ1v) is 13.5. The molecule has 232 valence electrons. The van der Waals surface area contributed by atoms with E-state index in [0.29, 0.717) is 19.1 Å². The van der Waals surface area contributed by atoms with Crippen LogP contribution in [0.3, 0.4) is 0 Å². The summed E-state index contributed by atoms with van der Waals surface area (Å²) in [4.78, 5) is 83.2. The van der Waals surface area contributed by atoms with E-state index in [9.17, 15) is 38.7 Å². The van der Waals surface area contributed by atoms with Crippen LogP contribution in [0.1, 0.15) is 50.5 Å². The van der Waals surface area contributed by atoms with E-state index >= 15 is 0 Å². The number of nitrogens with two attached hydrogens (primary N) is 2. The second-order valence-electron chi connectivity index (χ2n) is 9.60. The largest absolute Gasteiger partial charge is 0.481 e. The van der Waals surface area contributed by atoms with E-state index in [0.717, 1.165) is 5.56 Å². The van der Waals surface area contributed by atoms with E-state index in [1.807, 2.05) is 0 Å². The summed E-state index contributed by atoms with van der Waals surface area (Å²) >= 11 is 0. The molecule has 0 aromatic heterocycles. The number of aliphatic hydroxyl groups is 1. The summed E-state index contributed by atoms with van der Waals surface area (Å²) in [7, 11) is 0. The van der Waals surface area contributed by atoms with Gasteiger partial charge in [-0.2, -0.15) is 0 Å². The fourth-order valence-electron chi connectivity index (χ4n) is 3.74. The summed E-state index contributed by atoms with van der Waals surface area (Å²) < 4.78 is 0. The number of primary amides is 1. The van der Waals surface area contributed by atoms with Crippen LogP contribution in [0.4, 0.5) is 0 Å². The molecule has 0 heterocycles. The van der Waals surface area contributed by atoms with Crippen LogP contribution in [0, 0.1) is 0 Å². The molecule has 0 aliphatic heterocycles. The minimum atomic E-state index is -1.43. The van der Waals surface area contributed by atoms with Crippen LogP contribution in [0.2, 0.25) is 0 Å². The zero-order chi connectivity index (χ0) is 31.5. The Hall–Kier alpha value is -4.37. The predicted molar refractivity (Wildman–Crippen MR) is 149 cm³/mol. The molecule has 0 unspecified atom stereocenters. The van der Waals surface area contributed by atoms with E-state index in [4.69, 9.17) is 16.6 Å². The number of nitrogens with one attached hydrogen (secondary N) is 4. The Kier molecular flexibility index (Phi) is 16.7. The van der Waals surface area contributed by atoms with Gasteiger partial charge in [0.05, 0.1) is 25.1 Å². The highest BCUT2D eigenvalue weighted by molar-refractivity contribution is 5.93. The van der Waals surface area contributed by atoms with Gasteiger partial charge in [0.2, 0.25) is 29.5 Å². The Bertz CT molecular complexity index is 1070. The van der Waals surface area contributed by atoms with Crippen LogP contribution in [-0.2, 0) is 40.0 Å². The van der Waals surface area contributed by atoms with Crippen molar-refractivity contribution in [2.75, 3.05) is 13.2 Å². The molecule has 1 rings (SSSR count). The molecule has 0 spiro atoms. The van der Waals surface area contributed by atoms with Crippen molar-refractivity contribution in [3.63, 3.8) is 0 Å². The number of hydrogen-bond acceptors (Lipinski definition) is 9. The number of aldehydes is 1. The minimum absolute atomic E-state index is 0.0452. The van der Waals surface area contributed by atoms with E-state index in [1.54, 1.807) is 30.3 Å². The second-order valence-corrected chi connectivity index (χ2v) is 9.60. The molecule has 0 aliphatic rings. The summed E-state index contributed by atoms with van der Waals surface area (Å²) in [6.45, 7) is -0.604. The Morgan fingerprint density at radius 1 is 0.833 bits per heavy atom. The fraction of sp³-hybridized carbons (Fsp3) is 0.519. The van der Waals surface area contributed by atoms with Gasteiger partial charge in [-0.05, 0) is 37.7 Å². The third kappa shape index (κ3) is 14.9. The van der Waals surface area contributed by atoms with Crippen LogP contribution in [0.15, 0.2) is 30.3 Å². The number of hydrogen-bond donors (Lipinski definition) is 8. The number of carboxylic acid groups (broad SMARTS) is 1. The second kappa shape index (κ2) is 19.7. The number of benzene rings is 1. The van der Waals surface area contributed by atoms with Gasteiger partial charge in [-0.15, -0.1) is 0 Å². The van der Waals surface area contributed by atoms with Crippen LogP contribution >= 0.6 is 0 Å². The lowest BCUT2D eigenvalue weighted by atomic mass is 10.1. The molecule has 0 fully saturated rings. The number of carbonyl (C=O) groups excluding carboxylic acids is 6. The lowest BCUT2D eigenvalue weighted by Gasteiger charge is -2.24. The maximum absolute atomic E-state index is 13.0. The van der Waals surface area contributed by atoms with Crippen molar-refractivity contribution in [3.05, 3.63) is 35.9 Å². The van der Waals surface area contributed by atoms with Crippen molar-refractivity contribution in [1.29, 1.82) is 0 Å². The van der Waals surface area contributed by atoms with Crippen molar-refractivity contribution in [2.24, 2.45) is 11.5 Å². The molecule has 15 heteroatoms. The summed E-state index contributed by atoms with van der Waals surface area (Å²) in [6.07, 6.45) is 0.621. The number of unbranched alkanes of at least 4 members (excludes halogenated alkanes) is 1. The molecule has 4 atom stereocenters. The van der Waals surface area contributed by atoms with Crippen LogP contribution in [0.5, 0.6) is 0 Å². The van der Waals surface area contributed by atoms with Crippen LogP contribution < -0.4 is 32.7 Å². The van der Waals surface area contributed by atoms with Gasteiger partial charge < -0.3 is 47.7 Å². The Labute approximate surface area is 243 Å². The van der Waals surface area contributed by atoms with Gasteiger partial charge in [0.15, 0.2) is 0 Å². The first kappa shape index (κ1) is 35.7. The number of carbonyl (C=O) groups is 7. The van der Waals surface area contributed by atoms with E-state index < -0.39 is 66.3 Å². The maximum atomic E-state index is 13.0.